The van der Waals surface area contributed by atoms with Crippen molar-refractivity contribution in [2.45, 2.75) is 16.8 Å². The third-order valence-corrected chi connectivity index (χ3v) is 5.49. The summed E-state index contributed by atoms with van der Waals surface area (Å²) in [4.78, 5) is 2.98. The van der Waals surface area contributed by atoms with Gasteiger partial charge in [0.1, 0.15) is 10.8 Å². The number of aryl methyl sites for hydroxylation is 1. The zero-order valence-corrected chi connectivity index (χ0v) is 13.8. The molecule has 23 heavy (non-hydrogen) atoms. The molecule has 0 amide bonds. The number of phenols is 1. The van der Waals surface area contributed by atoms with Crippen LogP contribution >= 0.6 is 11.6 Å². The van der Waals surface area contributed by atoms with Gasteiger partial charge in [-0.15, -0.1) is 0 Å². The van der Waals surface area contributed by atoms with Gasteiger partial charge in [0.15, 0.2) is 0 Å². The van der Waals surface area contributed by atoms with Gasteiger partial charge in [-0.05, 0) is 43.3 Å². The molecule has 0 radical (unpaired) electrons. The highest BCUT2D eigenvalue weighted by Crippen LogP contribution is 2.33. The maximum atomic E-state index is 12.6. The summed E-state index contributed by atoms with van der Waals surface area (Å²) in [6.45, 7) is 1.89. The van der Waals surface area contributed by atoms with Gasteiger partial charge in [0.05, 0.1) is 4.90 Å². The summed E-state index contributed by atoms with van der Waals surface area (Å²) in [7, 11) is -3.64. The molecule has 3 aromatic rings. The number of rotatable bonds is 3. The molecular formula is C17H14ClNO3S. The Labute approximate surface area is 139 Å². The Kier molecular flexibility index (Phi) is 3.92. The molecule has 2 aromatic carbocycles. The van der Waals surface area contributed by atoms with Crippen molar-refractivity contribution in [3.05, 3.63) is 65.3 Å². The van der Waals surface area contributed by atoms with Crippen molar-refractivity contribution in [3.63, 3.8) is 0 Å². The summed E-state index contributed by atoms with van der Waals surface area (Å²) >= 11 is 5.93. The van der Waals surface area contributed by atoms with Crippen LogP contribution in [0.3, 0.4) is 0 Å². The second-order valence-electron chi connectivity index (χ2n) is 5.23. The van der Waals surface area contributed by atoms with E-state index in [1.165, 1.54) is 18.3 Å². The third kappa shape index (κ3) is 2.98. The van der Waals surface area contributed by atoms with E-state index in [2.05, 4.69) is 4.98 Å². The number of sulfone groups is 1. The fraction of sp³-hybridized carbons (Fsp3) is 0.0588. The first-order valence-corrected chi connectivity index (χ1v) is 8.73. The second-order valence-corrected chi connectivity index (χ2v) is 7.59. The van der Waals surface area contributed by atoms with Crippen molar-refractivity contribution < 1.29 is 13.5 Å². The van der Waals surface area contributed by atoms with Gasteiger partial charge in [0, 0.05) is 22.3 Å². The first-order chi connectivity index (χ1) is 10.9. The number of phenolic OH excluding ortho intramolecular Hbond substituents is 1. The van der Waals surface area contributed by atoms with Gasteiger partial charge < -0.3 is 10.1 Å². The maximum Gasteiger partial charge on any atom is 0.221 e. The van der Waals surface area contributed by atoms with E-state index >= 15 is 0 Å². The highest BCUT2D eigenvalue weighted by atomic mass is 35.5. The molecule has 6 heteroatoms. The van der Waals surface area contributed by atoms with Crippen molar-refractivity contribution in [1.29, 1.82) is 0 Å². The first-order valence-electron chi connectivity index (χ1n) is 6.87. The van der Waals surface area contributed by atoms with E-state index in [0.717, 1.165) is 5.56 Å². The van der Waals surface area contributed by atoms with Crippen LogP contribution in [0.15, 0.2) is 64.6 Å². The molecule has 0 bridgehead atoms. The molecule has 0 aliphatic heterocycles. The summed E-state index contributed by atoms with van der Waals surface area (Å²) < 4.78 is 25.2. The lowest BCUT2D eigenvalue weighted by atomic mass is 10.1. The normalized spacial score (nSPS) is 11.6. The Morgan fingerprint density at radius 3 is 2.43 bits per heavy atom. The van der Waals surface area contributed by atoms with E-state index in [1.54, 1.807) is 36.4 Å². The van der Waals surface area contributed by atoms with E-state index in [1.807, 2.05) is 6.92 Å². The van der Waals surface area contributed by atoms with E-state index in [4.69, 9.17) is 11.6 Å². The first kappa shape index (κ1) is 15.6. The van der Waals surface area contributed by atoms with Gasteiger partial charge in [-0.3, -0.25) is 0 Å². The topological polar surface area (TPSA) is 70.2 Å². The number of hydrogen-bond donors (Lipinski definition) is 2. The van der Waals surface area contributed by atoms with Crippen LogP contribution in [-0.4, -0.2) is 18.5 Å². The summed E-state index contributed by atoms with van der Waals surface area (Å²) in [5, 5.41) is 10.5. The number of halogens is 1. The minimum atomic E-state index is -3.64. The Balaban J connectivity index is 2.05. The number of nitrogens with one attached hydrogen (secondary N) is 1. The average molecular weight is 348 g/mol. The molecule has 1 heterocycles. The summed E-state index contributed by atoms with van der Waals surface area (Å²) in [5.41, 5.74) is 2.01. The molecule has 0 unspecified atom stereocenters. The molecular weight excluding hydrogens is 334 g/mol. The van der Waals surface area contributed by atoms with Crippen LogP contribution in [0.4, 0.5) is 0 Å². The molecule has 0 saturated heterocycles. The van der Waals surface area contributed by atoms with Crippen molar-refractivity contribution in [3.8, 4) is 16.9 Å². The molecule has 4 nitrogen and oxygen atoms in total. The van der Waals surface area contributed by atoms with Crippen LogP contribution in [0.25, 0.3) is 11.1 Å². The van der Waals surface area contributed by atoms with Gasteiger partial charge in [0.2, 0.25) is 9.84 Å². The molecule has 0 spiro atoms. The highest BCUT2D eigenvalue weighted by Gasteiger charge is 2.20. The van der Waals surface area contributed by atoms with E-state index in [-0.39, 0.29) is 15.7 Å². The smallest absolute Gasteiger partial charge is 0.221 e. The second kappa shape index (κ2) is 5.76. The molecule has 0 atom stereocenters. The number of H-pyrrole nitrogens is 1. The van der Waals surface area contributed by atoms with Gasteiger partial charge in [-0.25, -0.2) is 8.42 Å². The fourth-order valence-electron chi connectivity index (χ4n) is 2.27. The molecule has 1 aromatic heterocycles. The standard InChI is InChI=1S/C17H14ClNO3S/c1-11-2-5-14(6-3-11)23(21,22)17-8-12(10-19-17)15-9-13(18)4-7-16(15)20/h2-10,19-20H,1H3. The summed E-state index contributed by atoms with van der Waals surface area (Å²) in [6, 6.07) is 12.8. The average Bonchev–Trinajstić information content (AvgIpc) is 3.00. The molecule has 118 valence electrons. The number of hydrogen-bond acceptors (Lipinski definition) is 3. The lowest BCUT2D eigenvalue weighted by Gasteiger charge is -2.03. The van der Waals surface area contributed by atoms with E-state index < -0.39 is 9.84 Å². The van der Waals surface area contributed by atoms with Gasteiger partial charge >= 0.3 is 0 Å². The van der Waals surface area contributed by atoms with Crippen molar-refractivity contribution >= 4 is 21.4 Å². The van der Waals surface area contributed by atoms with Crippen molar-refractivity contribution in [1.82, 2.24) is 4.98 Å². The SMILES string of the molecule is Cc1ccc(S(=O)(=O)c2cc(-c3cc(Cl)ccc3O)c[nH]2)cc1. The van der Waals surface area contributed by atoms with Crippen LogP contribution in [0.1, 0.15) is 5.56 Å². The minimum absolute atomic E-state index is 0.0349. The quantitative estimate of drug-likeness (QED) is 0.746. The number of aromatic hydroxyl groups is 1. The van der Waals surface area contributed by atoms with E-state index in [0.29, 0.717) is 16.1 Å². The largest absolute Gasteiger partial charge is 0.507 e. The maximum absolute atomic E-state index is 12.6. The zero-order valence-electron chi connectivity index (χ0n) is 12.2. The molecule has 3 rings (SSSR count). The Hall–Kier alpha value is -2.24. The van der Waals surface area contributed by atoms with Crippen molar-refractivity contribution in [2.75, 3.05) is 0 Å². The van der Waals surface area contributed by atoms with E-state index in [9.17, 15) is 13.5 Å². The van der Waals surface area contributed by atoms with Crippen LogP contribution in [0, 0.1) is 6.92 Å². The van der Waals surface area contributed by atoms with Gasteiger partial charge in [-0.1, -0.05) is 29.3 Å². The fourth-order valence-corrected chi connectivity index (χ4v) is 3.68. The van der Waals surface area contributed by atoms with Gasteiger partial charge in [0.25, 0.3) is 0 Å². The van der Waals surface area contributed by atoms with Crippen molar-refractivity contribution in [2.24, 2.45) is 0 Å². The predicted octanol–water partition coefficient (Wildman–Crippen LogP) is 4.18. The predicted molar refractivity (Wildman–Crippen MR) is 89.5 cm³/mol. The lowest BCUT2D eigenvalue weighted by molar-refractivity contribution is 0.477. The molecule has 0 aliphatic carbocycles. The Bertz CT molecular complexity index is 960. The number of aromatic nitrogens is 1. The number of aromatic amines is 1. The minimum Gasteiger partial charge on any atom is -0.507 e. The number of benzene rings is 2. The van der Waals surface area contributed by atoms with Crippen LogP contribution < -0.4 is 0 Å². The van der Waals surface area contributed by atoms with Crippen LogP contribution in [-0.2, 0) is 9.84 Å². The highest BCUT2D eigenvalue weighted by molar-refractivity contribution is 7.91. The Morgan fingerprint density at radius 1 is 1.04 bits per heavy atom. The van der Waals surface area contributed by atoms with Crippen LogP contribution in [0.2, 0.25) is 5.02 Å². The van der Waals surface area contributed by atoms with Crippen LogP contribution in [0.5, 0.6) is 5.75 Å². The molecule has 0 saturated carbocycles. The molecule has 0 fully saturated rings. The lowest BCUT2D eigenvalue weighted by Crippen LogP contribution is -2.01. The third-order valence-electron chi connectivity index (χ3n) is 3.55. The van der Waals surface area contributed by atoms with Gasteiger partial charge in [-0.2, -0.15) is 0 Å². The summed E-state index contributed by atoms with van der Waals surface area (Å²) in [6.07, 6.45) is 1.53. The summed E-state index contributed by atoms with van der Waals surface area (Å²) in [5.74, 6) is 0.0349. The molecule has 2 N–H and O–H groups in total. The molecule has 0 aliphatic rings. The monoisotopic (exact) mass is 347 g/mol. The zero-order chi connectivity index (χ0) is 16.6. The Morgan fingerprint density at radius 2 is 1.74 bits per heavy atom.